The summed E-state index contributed by atoms with van der Waals surface area (Å²) in [6.07, 6.45) is 4.37. The lowest BCUT2D eigenvalue weighted by molar-refractivity contribution is 0.187. The minimum Gasteiger partial charge on any atom is -0.497 e. The summed E-state index contributed by atoms with van der Waals surface area (Å²) in [7, 11) is 3.29. The Morgan fingerprint density at radius 3 is 2.17 bits per heavy atom. The molecule has 1 unspecified atom stereocenters. The van der Waals surface area contributed by atoms with E-state index in [9.17, 15) is 9.90 Å². The fourth-order valence-corrected chi connectivity index (χ4v) is 6.39. The van der Waals surface area contributed by atoms with Gasteiger partial charge in [0.25, 0.3) is 0 Å². The lowest BCUT2D eigenvalue weighted by Gasteiger charge is -2.33. The molecule has 14 nitrogen and oxygen atoms in total. The van der Waals surface area contributed by atoms with E-state index in [1.807, 2.05) is 61.5 Å². The first-order chi connectivity index (χ1) is 25.3. The Hall–Kier alpha value is -5.63. The van der Waals surface area contributed by atoms with Crippen molar-refractivity contribution in [2.45, 2.75) is 64.8 Å². The molecule has 3 N–H and O–H groups in total. The van der Waals surface area contributed by atoms with Gasteiger partial charge in [-0.2, -0.15) is 4.98 Å². The van der Waals surface area contributed by atoms with E-state index in [0.29, 0.717) is 68.3 Å². The van der Waals surface area contributed by atoms with Crippen molar-refractivity contribution in [3.05, 3.63) is 94.9 Å². The zero-order valence-corrected chi connectivity index (χ0v) is 30.0. The Labute approximate surface area is 303 Å². The molecule has 1 saturated heterocycles. The lowest BCUT2D eigenvalue weighted by Crippen LogP contribution is -2.44. The van der Waals surface area contributed by atoms with Gasteiger partial charge in [0.2, 0.25) is 0 Å². The number of methoxy groups -OCH3 is 2. The van der Waals surface area contributed by atoms with Gasteiger partial charge in [-0.3, -0.25) is 0 Å². The molecule has 1 amide bonds. The van der Waals surface area contributed by atoms with Crippen LogP contribution in [0, 0.1) is 6.92 Å². The molecule has 2 aromatic carbocycles. The molecule has 52 heavy (non-hydrogen) atoms. The van der Waals surface area contributed by atoms with Gasteiger partial charge in [0.05, 0.1) is 32.7 Å². The van der Waals surface area contributed by atoms with E-state index in [-0.39, 0.29) is 12.1 Å². The number of aliphatic hydroxyl groups excluding tert-OH is 1. The fraction of sp³-hybridized carbons (Fsp3) is 0.395. The van der Waals surface area contributed by atoms with Crippen molar-refractivity contribution in [3.63, 3.8) is 0 Å². The molecule has 274 valence electrons. The quantitative estimate of drug-likeness (QED) is 0.117. The van der Waals surface area contributed by atoms with E-state index >= 15 is 0 Å². The van der Waals surface area contributed by atoms with Crippen LogP contribution in [0.3, 0.4) is 0 Å². The molecule has 0 saturated carbocycles. The number of hydrogen-bond donors (Lipinski definition) is 3. The van der Waals surface area contributed by atoms with Gasteiger partial charge in [0, 0.05) is 44.0 Å². The highest BCUT2D eigenvalue weighted by Crippen LogP contribution is 2.31. The van der Waals surface area contributed by atoms with Crippen LogP contribution in [-0.2, 0) is 13.1 Å². The highest BCUT2D eigenvalue weighted by molar-refractivity contribution is 5.66. The van der Waals surface area contributed by atoms with E-state index in [1.165, 1.54) is 0 Å². The highest BCUT2D eigenvalue weighted by atomic mass is 16.5. The van der Waals surface area contributed by atoms with Gasteiger partial charge < -0.3 is 39.5 Å². The summed E-state index contributed by atoms with van der Waals surface area (Å²) in [6.45, 7) is 6.85. The molecule has 3 aromatic heterocycles. The van der Waals surface area contributed by atoms with Gasteiger partial charge in [-0.05, 0) is 73.2 Å². The van der Waals surface area contributed by atoms with Crippen molar-refractivity contribution >= 4 is 23.4 Å². The Morgan fingerprint density at radius 2 is 1.62 bits per heavy atom. The van der Waals surface area contributed by atoms with E-state index in [4.69, 9.17) is 39.4 Å². The van der Waals surface area contributed by atoms with Crippen LogP contribution in [0.4, 0.5) is 16.4 Å². The Morgan fingerprint density at radius 1 is 0.981 bits per heavy atom. The Bertz CT molecular complexity index is 1890. The number of anilines is 2. The Balaban J connectivity index is 1.34. The van der Waals surface area contributed by atoms with Crippen molar-refractivity contribution in [2.24, 2.45) is 0 Å². The number of hydrogen-bond acceptors (Lipinski definition) is 11. The van der Waals surface area contributed by atoms with Gasteiger partial charge in [0.15, 0.2) is 11.5 Å². The van der Waals surface area contributed by atoms with Gasteiger partial charge in [-0.1, -0.05) is 37.6 Å². The predicted molar refractivity (Wildman–Crippen MR) is 196 cm³/mol. The molecule has 1 atom stereocenters. The number of unbranched alkanes of at least 4 members (excludes halogenated alkanes) is 1. The smallest absolute Gasteiger partial charge is 0.404 e. The van der Waals surface area contributed by atoms with Gasteiger partial charge in [0.1, 0.15) is 23.4 Å². The molecule has 0 aliphatic carbocycles. The summed E-state index contributed by atoms with van der Waals surface area (Å²) in [5.74, 6) is 2.90. The van der Waals surface area contributed by atoms with Crippen molar-refractivity contribution in [2.75, 3.05) is 43.7 Å². The van der Waals surface area contributed by atoms with E-state index < -0.39 is 12.2 Å². The molecular weight excluding hydrogens is 664 g/mol. The Kier molecular flexibility index (Phi) is 11.5. The topological polar surface area (TPSA) is 160 Å². The van der Waals surface area contributed by atoms with Crippen molar-refractivity contribution in [1.82, 2.24) is 29.9 Å². The van der Waals surface area contributed by atoms with Crippen molar-refractivity contribution in [1.29, 1.82) is 0 Å². The van der Waals surface area contributed by atoms with Gasteiger partial charge >= 0.3 is 12.1 Å². The first-order valence-corrected chi connectivity index (χ1v) is 17.5. The zero-order valence-electron chi connectivity index (χ0n) is 30.0. The third-order valence-electron chi connectivity index (χ3n) is 9.23. The van der Waals surface area contributed by atoms with Crippen LogP contribution in [-0.4, -0.2) is 80.8 Å². The molecular formula is C38H46N8O6. The molecule has 0 spiro atoms. The van der Waals surface area contributed by atoms with E-state index in [1.54, 1.807) is 31.1 Å². The number of fused-ring (bicyclic) bond motifs is 1. The highest BCUT2D eigenvalue weighted by Gasteiger charge is 2.26. The summed E-state index contributed by atoms with van der Waals surface area (Å²) < 4.78 is 18.5. The molecule has 1 fully saturated rings. The maximum Gasteiger partial charge on any atom is 0.404 e. The van der Waals surface area contributed by atoms with Gasteiger partial charge in [-0.25, -0.2) is 19.3 Å². The van der Waals surface area contributed by atoms with Crippen LogP contribution in [0.25, 0.3) is 5.65 Å². The molecule has 1 aliphatic rings. The molecule has 1 aliphatic heterocycles. The lowest BCUT2D eigenvalue weighted by atomic mass is 10.0. The summed E-state index contributed by atoms with van der Waals surface area (Å²) in [5.41, 5.74) is 4.48. The second-order valence-electron chi connectivity index (χ2n) is 12.9. The second-order valence-corrected chi connectivity index (χ2v) is 12.9. The van der Waals surface area contributed by atoms with Crippen LogP contribution in [0.1, 0.15) is 66.7 Å². The predicted octanol–water partition coefficient (Wildman–Crippen LogP) is 5.55. The molecule has 0 radical (unpaired) electrons. The van der Waals surface area contributed by atoms with Crippen molar-refractivity contribution < 1.29 is 29.2 Å². The summed E-state index contributed by atoms with van der Waals surface area (Å²) in [4.78, 5) is 29.8. The number of amides is 1. The van der Waals surface area contributed by atoms with Crippen LogP contribution < -0.4 is 29.3 Å². The number of imidazole rings is 1. The molecule has 5 aromatic rings. The fourth-order valence-electron chi connectivity index (χ4n) is 6.39. The average Bonchev–Trinajstić information content (AvgIpc) is 3.59. The number of piperidine rings is 1. The largest absolute Gasteiger partial charge is 0.497 e. The monoisotopic (exact) mass is 710 g/mol. The number of aliphatic hydroxyl groups is 1. The summed E-state index contributed by atoms with van der Waals surface area (Å²) in [6, 6.07) is 17.8. The number of aromatic nitrogens is 5. The molecule has 4 heterocycles. The number of pyridine rings is 1. The number of nitrogens with zero attached hydrogens (tertiary/aromatic N) is 7. The van der Waals surface area contributed by atoms with E-state index in [0.717, 1.165) is 46.8 Å². The number of benzene rings is 2. The summed E-state index contributed by atoms with van der Waals surface area (Å²) >= 11 is 0. The van der Waals surface area contributed by atoms with Crippen LogP contribution in [0.5, 0.6) is 17.5 Å². The maximum absolute atomic E-state index is 11.8. The van der Waals surface area contributed by atoms with Crippen molar-refractivity contribution in [3.8, 4) is 17.5 Å². The number of rotatable bonds is 15. The molecule has 0 bridgehead atoms. The first kappa shape index (κ1) is 36.2. The molecule has 6 rings (SSSR count). The molecule has 14 heteroatoms. The normalized spacial score (nSPS) is 13.9. The van der Waals surface area contributed by atoms with Crippen LogP contribution in [0.15, 0.2) is 67.0 Å². The van der Waals surface area contributed by atoms with Gasteiger partial charge in [-0.15, -0.1) is 5.10 Å². The average molecular weight is 711 g/mol. The van der Waals surface area contributed by atoms with Crippen LogP contribution >= 0.6 is 0 Å². The maximum atomic E-state index is 11.8. The number of carbonyl (C=O) groups is 1. The minimum atomic E-state index is -1.09. The number of nitrogens with one attached hydrogen (secondary N) is 1. The standard InChI is InChI=1S/C38H46N8O6/c1-5-6-19-52-37-42-36(45(23-26-7-11-30(50-3)12-8-26)24-27-9-13-31(51-4)14-10-27)35-40-22-32(46(35)43-37)33(47)28-20-25(2)34(39-21-28)44-17-15-29(16-18-44)41-38(48)49/h7-14,20-22,29,33,41,47H,5-6,15-19,23-24H2,1-4H3,(H,48,49). The summed E-state index contributed by atoms with van der Waals surface area (Å²) in [5, 5.41) is 28.2. The number of aryl methyl sites for hydroxylation is 1. The SMILES string of the molecule is CCCCOc1nc(N(Cc2ccc(OC)cc2)Cc2ccc(OC)cc2)c2ncc(C(O)c3cnc(N4CCC(NC(=O)O)CC4)c(C)c3)n2n1. The number of ether oxygens (including phenoxy) is 3. The third-order valence-corrected chi connectivity index (χ3v) is 9.23. The zero-order chi connectivity index (χ0) is 36.6. The number of carboxylic acid groups (broad SMARTS) is 1. The minimum absolute atomic E-state index is 0.0728. The first-order valence-electron chi connectivity index (χ1n) is 17.5. The third kappa shape index (κ3) is 8.45. The van der Waals surface area contributed by atoms with Crippen LogP contribution in [0.2, 0.25) is 0 Å². The second kappa shape index (κ2) is 16.6. The van der Waals surface area contributed by atoms with E-state index in [2.05, 4.69) is 22.0 Å².